The molecule has 1 saturated heterocycles. The first-order chi connectivity index (χ1) is 9.74. The first kappa shape index (κ1) is 12.8. The van der Waals surface area contributed by atoms with Crippen molar-refractivity contribution in [3.8, 4) is 0 Å². The molecule has 1 atom stereocenters. The molecular formula is C14H18N6. The topological polar surface area (TPSA) is 58.0 Å². The Hall–Kier alpha value is -2.24. The summed E-state index contributed by atoms with van der Waals surface area (Å²) in [6.07, 6.45) is 8.17. The lowest BCUT2D eigenvalue weighted by Gasteiger charge is -2.17. The molecule has 0 N–H and O–H groups in total. The highest BCUT2D eigenvalue weighted by atomic mass is 15.2. The Kier molecular flexibility index (Phi) is 3.45. The van der Waals surface area contributed by atoms with Crippen molar-refractivity contribution in [1.82, 2.24) is 19.9 Å². The van der Waals surface area contributed by atoms with E-state index in [0.29, 0.717) is 5.92 Å². The molecule has 6 heteroatoms. The first-order valence-corrected chi connectivity index (χ1v) is 6.75. The molecule has 1 aliphatic heterocycles. The zero-order valence-corrected chi connectivity index (χ0v) is 11.8. The fourth-order valence-electron chi connectivity index (χ4n) is 2.47. The normalized spacial score (nSPS) is 18.3. The van der Waals surface area contributed by atoms with Gasteiger partial charge in [0.2, 0.25) is 5.95 Å². The van der Waals surface area contributed by atoms with Crippen LogP contribution in [0.25, 0.3) is 0 Å². The summed E-state index contributed by atoms with van der Waals surface area (Å²) < 4.78 is 0. The van der Waals surface area contributed by atoms with Gasteiger partial charge in [-0.2, -0.15) is 0 Å². The molecule has 0 bridgehead atoms. The molecule has 0 aliphatic carbocycles. The lowest BCUT2D eigenvalue weighted by atomic mass is 10.1. The summed E-state index contributed by atoms with van der Waals surface area (Å²) in [7, 11) is 3.92. The third-order valence-corrected chi connectivity index (χ3v) is 3.54. The predicted octanol–water partition coefficient (Wildman–Crippen LogP) is 1.33. The van der Waals surface area contributed by atoms with Gasteiger partial charge in [0.15, 0.2) is 0 Å². The molecule has 0 radical (unpaired) electrons. The Labute approximate surface area is 118 Å². The third kappa shape index (κ3) is 2.54. The number of nitrogens with zero attached hydrogens (tertiary/aromatic N) is 6. The fourth-order valence-corrected chi connectivity index (χ4v) is 2.47. The standard InChI is InChI=1S/C14H18N6/c1-19(2)14-17-5-3-12(18-14)11-4-8-20(10-11)13-9-15-6-7-16-13/h3,5-7,9,11H,4,8,10H2,1-2H3. The Morgan fingerprint density at radius 3 is 2.85 bits per heavy atom. The van der Waals surface area contributed by atoms with Gasteiger partial charge in [0, 0.05) is 51.7 Å². The van der Waals surface area contributed by atoms with Gasteiger partial charge in [-0.15, -0.1) is 0 Å². The monoisotopic (exact) mass is 270 g/mol. The van der Waals surface area contributed by atoms with Crippen molar-refractivity contribution >= 4 is 11.8 Å². The molecule has 104 valence electrons. The summed E-state index contributed by atoms with van der Waals surface area (Å²) in [5.41, 5.74) is 1.11. The second-order valence-electron chi connectivity index (χ2n) is 5.17. The largest absolute Gasteiger partial charge is 0.355 e. The van der Waals surface area contributed by atoms with Gasteiger partial charge in [0.1, 0.15) is 5.82 Å². The summed E-state index contributed by atoms with van der Waals surface area (Å²) in [6, 6.07) is 2.01. The van der Waals surface area contributed by atoms with Crippen LogP contribution in [0.2, 0.25) is 0 Å². The summed E-state index contributed by atoms with van der Waals surface area (Å²) in [6.45, 7) is 1.92. The summed E-state index contributed by atoms with van der Waals surface area (Å²) in [5, 5.41) is 0. The van der Waals surface area contributed by atoms with Crippen molar-refractivity contribution in [2.75, 3.05) is 37.0 Å². The van der Waals surface area contributed by atoms with E-state index in [1.807, 2.05) is 37.5 Å². The summed E-state index contributed by atoms with van der Waals surface area (Å²) in [4.78, 5) is 21.6. The van der Waals surface area contributed by atoms with Crippen molar-refractivity contribution in [3.05, 3.63) is 36.5 Å². The van der Waals surface area contributed by atoms with Gasteiger partial charge in [-0.1, -0.05) is 0 Å². The quantitative estimate of drug-likeness (QED) is 0.838. The average molecular weight is 270 g/mol. The minimum absolute atomic E-state index is 0.429. The van der Waals surface area contributed by atoms with E-state index in [1.165, 1.54) is 0 Å². The van der Waals surface area contributed by atoms with Crippen LogP contribution in [0, 0.1) is 0 Å². The lowest BCUT2D eigenvalue weighted by molar-refractivity contribution is 0.736. The highest BCUT2D eigenvalue weighted by molar-refractivity contribution is 5.39. The molecule has 0 aromatic carbocycles. The summed E-state index contributed by atoms with van der Waals surface area (Å²) >= 11 is 0. The van der Waals surface area contributed by atoms with E-state index in [1.54, 1.807) is 12.4 Å². The first-order valence-electron chi connectivity index (χ1n) is 6.75. The smallest absolute Gasteiger partial charge is 0.224 e. The molecule has 6 nitrogen and oxygen atoms in total. The maximum absolute atomic E-state index is 4.63. The van der Waals surface area contributed by atoms with Crippen LogP contribution in [0.1, 0.15) is 18.0 Å². The highest BCUT2D eigenvalue weighted by Crippen LogP contribution is 2.28. The second kappa shape index (κ2) is 5.40. The number of aromatic nitrogens is 4. The van der Waals surface area contributed by atoms with Gasteiger partial charge in [0.25, 0.3) is 0 Å². The molecule has 0 saturated carbocycles. The maximum atomic E-state index is 4.63. The van der Waals surface area contributed by atoms with Crippen molar-refractivity contribution in [2.24, 2.45) is 0 Å². The van der Waals surface area contributed by atoms with Crippen LogP contribution in [0.15, 0.2) is 30.9 Å². The van der Waals surface area contributed by atoms with E-state index in [0.717, 1.165) is 37.0 Å². The van der Waals surface area contributed by atoms with Crippen molar-refractivity contribution in [2.45, 2.75) is 12.3 Å². The number of rotatable bonds is 3. The molecule has 20 heavy (non-hydrogen) atoms. The molecule has 0 spiro atoms. The lowest BCUT2D eigenvalue weighted by Crippen LogP contribution is -2.21. The van der Waals surface area contributed by atoms with E-state index >= 15 is 0 Å². The molecule has 1 fully saturated rings. The molecule has 3 rings (SSSR count). The highest BCUT2D eigenvalue weighted by Gasteiger charge is 2.26. The SMILES string of the molecule is CN(C)c1nccc(C2CCN(c3cnccn3)C2)n1. The number of hydrogen-bond donors (Lipinski definition) is 0. The van der Waals surface area contributed by atoms with E-state index < -0.39 is 0 Å². The van der Waals surface area contributed by atoms with Crippen LogP contribution >= 0.6 is 0 Å². The van der Waals surface area contributed by atoms with E-state index in [4.69, 9.17) is 0 Å². The zero-order chi connectivity index (χ0) is 13.9. The minimum Gasteiger partial charge on any atom is -0.355 e. The van der Waals surface area contributed by atoms with Crippen molar-refractivity contribution in [1.29, 1.82) is 0 Å². The van der Waals surface area contributed by atoms with Crippen LogP contribution in [-0.4, -0.2) is 47.1 Å². The third-order valence-electron chi connectivity index (χ3n) is 3.54. The Bertz CT molecular complexity index is 571. The van der Waals surface area contributed by atoms with Crippen LogP contribution < -0.4 is 9.80 Å². The van der Waals surface area contributed by atoms with Crippen molar-refractivity contribution < 1.29 is 0 Å². The van der Waals surface area contributed by atoms with Gasteiger partial charge >= 0.3 is 0 Å². The molecule has 0 amide bonds. The molecule has 1 aliphatic rings. The maximum Gasteiger partial charge on any atom is 0.224 e. The Balaban J connectivity index is 1.76. The van der Waals surface area contributed by atoms with E-state index in [-0.39, 0.29) is 0 Å². The predicted molar refractivity (Wildman–Crippen MR) is 78.0 cm³/mol. The molecule has 2 aromatic rings. The Morgan fingerprint density at radius 2 is 2.10 bits per heavy atom. The Morgan fingerprint density at radius 1 is 1.20 bits per heavy atom. The van der Waals surface area contributed by atoms with Gasteiger partial charge in [-0.05, 0) is 12.5 Å². The number of hydrogen-bond acceptors (Lipinski definition) is 6. The van der Waals surface area contributed by atoms with Crippen molar-refractivity contribution in [3.63, 3.8) is 0 Å². The van der Waals surface area contributed by atoms with Gasteiger partial charge in [0.05, 0.1) is 11.9 Å². The molecular weight excluding hydrogens is 252 g/mol. The van der Waals surface area contributed by atoms with Crippen LogP contribution in [0.3, 0.4) is 0 Å². The molecule has 2 aromatic heterocycles. The van der Waals surface area contributed by atoms with Crippen LogP contribution in [0.4, 0.5) is 11.8 Å². The van der Waals surface area contributed by atoms with E-state index in [2.05, 4.69) is 24.8 Å². The van der Waals surface area contributed by atoms with Gasteiger partial charge < -0.3 is 9.80 Å². The molecule has 1 unspecified atom stereocenters. The van der Waals surface area contributed by atoms with Gasteiger partial charge in [-0.25, -0.2) is 15.0 Å². The fraction of sp³-hybridized carbons (Fsp3) is 0.429. The van der Waals surface area contributed by atoms with Crippen LogP contribution in [0.5, 0.6) is 0 Å². The second-order valence-corrected chi connectivity index (χ2v) is 5.17. The molecule has 3 heterocycles. The summed E-state index contributed by atoms with van der Waals surface area (Å²) in [5.74, 6) is 2.14. The van der Waals surface area contributed by atoms with Crippen LogP contribution in [-0.2, 0) is 0 Å². The zero-order valence-electron chi connectivity index (χ0n) is 11.8. The van der Waals surface area contributed by atoms with Gasteiger partial charge in [-0.3, -0.25) is 4.98 Å². The minimum atomic E-state index is 0.429. The van der Waals surface area contributed by atoms with E-state index in [9.17, 15) is 0 Å². The number of anilines is 2. The average Bonchev–Trinajstić information content (AvgIpc) is 2.98.